The summed E-state index contributed by atoms with van der Waals surface area (Å²) in [6.45, 7) is 2.71. The summed E-state index contributed by atoms with van der Waals surface area (Å²) in [5.41, 5.74) is 0.971. The number of sulfonamides is 1. The first-order valence-corrected chi connectivity index (χ1v) is 9.80. The SMILES string of the molecule is CCOC(=O)C1CCN(S(=O)(=O)Cc2ccc(C(=O)OC)cc2)CC1. The summed E-state index contributed by atoms with van der Waals surface area (Å²) >= 11 is 0. The lowest BCUT2D eigenvalue weighted by molar-refractivity contribution is -0.149. The van der Waals surface area contributed by atoms with Gasteiger partial charge in [-0.2, -0.15) is 0 Å². The molecule has 1 heterocycles. The molecule has 0 spiro atoms. The predicted molar refractivity (Wildman–Crippen MR) is 91.3 cm³/mol. The van der Waals surface area contributed by atoms with E-state index in [0.717, 1.165) is 0 Å². The summed E-state index contributed by atoms with van der Waals surface area (Å²) in [5.74, 6) is -1.09. The average Bonchev–Trinajstić information content (AvgIpc) is 2.61. The number of carbonyl (C=O) groups excluding carboxylic acids is 2. The third-order valence-corrected chi connectivity index (χ3v) is 6.04. The van der Waals surface area contributed by atoms with E-state index in [1.54, 1.807) is 31.2 Å². The molecule has 7 nitrogen and oxygen atoms in total. The van der Waals surface area contributed by atoms with Gasteiger partial charge in [0, 0.05) is 13.1 Å². The van der Waals surface area contributed by atoms with Gasteiger partial charge < -0.3 is 9.47 Å². The van der Waals surface area contributed by atoms with Gasteiger partial charge in [0.05, 0.1) is 31.0 Å². The molecule has 0 aromatic heterocycles. The van der Waals surface area contributed by atoms with Gasteiger partial charge in [0.2, 0.25) is 10.0 Å². The molecule has 1 fully saturated rings. The van der Waals surface area contributed by atoms with E-state index in [-0.39, 0.29) is 17.6 Å². The van der Waals surface area contributed by atoms with Gasteiger partial charge in [-0.05, 0) is 37.5 Å². The van der Waals surface area contributed by atoms with E-state index in [0.29, 0.717) is 43.7 Å². The standard InChI is InChI=1S/C17H23NO6S/c1-3-24-17(20)15-8-10-18(11-9-15)25(21,22)12-13-4-6-14(7-5-13)16(19)23-2/h4-7,15H,3,8-12H2,1-2H3. The molecule has 138 valence electrons. The number of piperidine rings is 1. The smallest absolute Gasteiger partial charge is 0.337 e. The van der Waals surface area contributed by atoms with Crippen LogP contribution in [0.5, 0.6) is 0 Å². The van der Waals surface area contributed by atoms with E-state index < -0.39 is 16.0 Å². The number of methoxy groups -OCH3 is 1. The van der Waals surface area contributed by atoms with Gasteiger partial charge in [0.25, 0.3) is 0 Å². The first kappa shape index (κ1) is 19.4. The molecule has 2 rings (SSSR count). The summed E-state index contributed by atoms with van der Waals surface area (Å²) in [4.78, 5) is 23.1. The first-order chi connectivity index (χ1) is 11.9. The zero-order chi connectivity index (χ0) is 18.4. The Morgan fingerprint density at radius 3 is 2.28 bits per heavy atom. The van der Waals surface area contributed by atoms with Crippen molar-refractivity contribution in [2.24, 2.45) is 5.92 Å². The van der Waals surface area contributed by atoms with Gasteiger partial charge in [-0.15, -0.1) is 0 Å². The van der Waals surface area contributed by atoms with Crippen molar-refractivity contribution in [2.45, 2.75) is 25.5 Å². The maximum Gasteiger partial charge on any atom is 0.337 e. The molecule has 25 heavy (non-hydrogen) atoms. The molecule has 1 aromatic rings. The second-order valence-corrected chi connectivity index (χ2v) is 7.84. The fourth-order valence-electron chi connectivity index (χ4n) is 2.79. The zero-order valence-corrected chi connectivity index (χ0v) is 15.3. The molecule has 8 heteroatoms. The monoisotopic (exact) mass is 369 g/mol. The minimum Gasteiger partial charge on any atom is -0.466 e. The number of hydrogen-bond donors (Lipinski definition) is 0. The third-order valence-electron chi connectivity index (χ3n) is 4.19. The van der Waals surface area contributed by atoms with Crippen LogP contribution in [0.3, 0.4) is 0 Å². The van der Waals surface area contributed by atoms with Gasteiger partial charge >= 0.3 is 11.9 Å². The van der Waals surface area contributed by atoms with Crippen molar-refractivity contribution in [1.82, 2.24) is 4.31 Å². The van der Waals surface area contributed by atoms with Crippen molar-refractivity contribution in [3.63, 3.8) is 0 Å². The lowest BCUT2D eigenvalue weighted by atomic mass is 9.98. The molecular weight excluding hydrogens is 346 g/mol. The quantitative estimate of drug-likeness (QED) is 0.707. The highest BCUT2D eigenvalue weighted by Crippen LogP contribution is 2.22. The molecule has 1 aliphatic heterocycles. The molecule has 0 N–H and O–H groups in total. The summed E-state index contributed by atoms with van der Waals surface area (Å²) < 4.78 is 36.1. The maximum atomic E-state index is 12.6. The minimum atomic E-state index is -3.47. The Hall–Kier alpha value is -1.93. The Morgan fingerprint density at radius 1 is 1.16 bits per heavy atom. The number of benzene rings is 1. The second-order valence-electron chi connectivity index (χ2n) is 5.87. The van der Waals surface area contributed by atoms with Crippen LogP contribution in [0.4, 0.5) is 0 Å². The zero-order valence-electron chi connectivity index (χ0n) is 14.4. The van der Waals surface area contributed by atoms with Crippen LogP contribution in [0.15, 0.2) is 24.3 Å². The topological polar surface area (TPSA) is 90.0 Å². The normalized spacial score (nSPS) is 16.4. The van der Waals surface area contributed by atoms with Gasteiger partial charge in [-0.1, -0.05) is 12.1 Å². The fraction of sp³-hybridized carbons (Fsp3) is 0.529. The van der Waals surface area contributed by atoms with E-state index in [2.05, 4.69) is 4.74 Å². The Labute approximate surface area is 148 Å². The summed E-state index contributed by atoms with van der Waals surface area (Å²) in [6, 6.07) is 6.30. The van der Waals surface area contributed by atoms with E-state index in [1.807, 2.05) is 0 Å². The molecule has 1 aromatic carbocycles. The van der Waals surface area contributed by atoms with Crippen LogP contribution >= 0.6 is 0 Å². The van der Waals surface area contributed by atoms with E-state index in [9.17, 15) is 18.0 Å². The third kappa shape index (κ3) is 5.02. The van der Waals surface area contributed by atoms with Crippen molar-refractivity contribution in [3.05, 3.63) is 35.4 Å². The molecule has 0 unspecified atom stereocenters. The van der Waals surface area contributed by atoms with Crippen LogP contribution in [0.2, 0.25) is 0 Å². The molecule has 1 saturated heterocycles. The molecule has 0 aliphatic carbocycles. The number of hydrogen-bond acceptors (Lipinski definition) is 6. The van der Waals surface area contributed by atoms with Gasteiger partial charge in [-0.3, -0.25) is 4.79 Å². The van der Waals surface area contributed by atoms with E-state index in [1.165, 1.54) is 11.4 Å². The van der Waals surface area contributed by atoms with E-state index >= 15 is 0 Å². The number of carbonyl (C=O) groups is 2. The maximum absolute atomic E-state index is 12.6. The summed E-state index contributed by atoms with van der Waals surface area (Å²) in [5, 5.41) is 0. The largest absolute Gasteiger partial charge is 0.466 e. The van der Waals surface area contributed by atoms with Crippen LogP contribution in [0.25, 0.3) is 0 Å². The average molecular weight is 369 g/mol. The molecule has 0 radical (unpaired) electrons. The van der Waals surface area contributed by atoms with Crippen LogP contribution in [0.1, 0.15) is 35.7 Å². The highest BCUT2D eigenvalue weighted by Gasteiger charge is 2.31. The Balaban J connectivity index is 1.96. The van der Waals surface area contributed by atoms with Crippen molar-refractivity contribution in [1.29, 1.82) is 0 Å². The van der Waals surface area contributed by atoms with Crippen LogP contribution < -0.4 is 0 Å². The second kappa shape index (κ2) is 8.44. The summed E-state index contributed by atoms with van der Waals surface area (Å²) in [6.07, 6.45) is 0.943. The molecule has 1 aliphatic rings. The lowest BCUT2D eigenvalue weighted by Gasteiger charge is -2.30. The van der Waals surface area contributed by atoms with Crippen LogP contribution in [-0.2, 0) is 30.0 Å². The van der Waals surface area contributed by atoms with Crippen LogP contribution in [0, 0.1) is 5.92 Å². The predicted octanol–water partition coefficient (Wildman–Crippen LogP) is 1.58. The minimum absolute atomic E-state index is 0.140. The van der Waals surface area contributed by atoms with Crippen LogP contribution in [-0.4, -0.2) is 51.5 Å². The van der Waals surface area contributed by atoms with Gasteiger partial charge in [0.15, 0.2) is 0 Å². The highest BCUT2D eigenvalue weighted by molar-refractivity contribution is 7.88. The molecule has 0 saturated carbocycles. The lowest BCUT2D eigenvalue weighted by Crippen LogP contribution is -2.41. The fourth-order valence-corrected chi connectivity index (χ4v) is 4.35. The van der Waals surface area contributed by atoms with Gasteiger partial charge in [0.1, 0.15) is 0 Å². The molecule has 0 bridgehead atoms. The van der Waals surface area contributed by atoms with Crippen molar-refractivity contribution < 1.29 is 27.5 Å². The number of ether oxygens (including phenoxy) is 2. The number of nitrogens with zero attached hydrogens (tertiary/aromatic N) is 1. The Morgan fingerprint density at radius 2 is 1.76 bits per heavy atom. The van der Waals surface area contributed by atoms with E-state index in [4.69, 9.17) is 4.74 Å². The van der Waals surface area contributed by atoms with Gasteiger partial charge in [-0.25, -0.2) is 17.5 Å². The van der Waals surface area contributed by atoms with Crippen molar-refractivity contribution in [3.8, 4) is 0 Å². The summed E-state index contributed by atoms with van der Waals surface area (Å²) in [7, 11) is -2.18. The van der Waals surface area contributed by atoms with Crippen molar-refractivity contribution in [2.75, 3.05) is 26.8 Å². The molecule has 0 atom stereocenters. The molecule has 0 amide bonds. The Bertz CT molecular complexity index is 705. The number of esters is 2. The van der Waals surface area contributed by atoms with Crippen molar-refractivity contribution >= 4 is 22.0 Å². The highest BCUT2D eigenvalue weighted by atomic mass is 32.2. The molecular formula is C17H23NO6S. The Kier molecular flexibility index (Phi) is 6.55. The first-order valence-electron chi connectivity index (χ1n) is 8.19. The number of rotatable bonds is 6.